The third-order valence-electron chi connectivity index (χ3n) is 3.84. The van der Waals surface area contributed by atoms with Crippen LogP contribution in [0.2, 0.25) is 0 Å². The minimum absolute atomic E-state index is 0. The maximum atomic E-state index is 12.7. The van der Waals surface area contributed by atoms with Gasteiger partial charge in [0.15, 0.2) is 0 Å². The van der Waals surface area contributed by atoms with E-state index in [2.05, 4.69) is 0 Å². The highest BCUT2D eigenvalue weighted by Crippen LogP contribution is 2.30. The van der Waals surface area contributed by atoms with Gasteiger partial charge in [-0.3, -0.25) is 0 Å². The van der Waals surface area contributed by atoms with Crippen molar-refractivity contribution in [3.05, 3.63) is 23.8 Å². The first-order valence-corrected chi connectivity index (χ1v) is 8.18. The molecule has 2 N–H and O–H groups in total. The largest absolute Gasteiger partial charge is 0.495 e. The second kappa shape index (κ2) is 7.29. The number of ether oxygens (including phenoxy) is 1. The van der Waals surface area contributed by atoms with Crippen LogP contribution in [-0.4, -0.2) is 39.0 Å². The van der Waals surface area contributed by atoms with E-state index in [4.69, 9.17) is 15.7 Å². The molecule has 1 aromatic carbocycles. The van der Waals surface area contributed by atoms with Crippen LogP contribution >= 0.6 is 12.4 Å². The van der Waals surface area contributed by atoms with Crippen molar-refractivity contribution in [2.24, 2.45) is 11.7 Å². The minimum Gasteiger partial charge on any atom is -0.495 e. The van der Waals surface area contributed by atoms with Crippen molar-refractivity contribution in [3.63, 3.8) is 0 Å². The van der Waals surface area contributed by atoms with E-state index < -0.39 is 10.0 Å². The van der Waals surface area contributed by atoms with E-state index >= 15 is 0 Å². The lowest BCUT2D eigenvalue weighted by molar-refractivity contribution is 0.249. The lowest BCUT2D eigenvalue weighted by atomic mass is 9.96. The summed E-state index contributed by atoms with van der Waals surface area (Å²) in [5.41, 5.74) is 6.30. The molecule has 122 valence electrons. The Labute approximate surface area is 137 Å². The summed E-state index contributed by atoms with van der Waals surface area (Å²) in [6.45, 7) is 2.74. The number of nitrogens with zero attached hydrogens (tertiary/aromatic N) is 2. The monoisotopic (exact) mass is 345 g/mol. The first-order valence-electron chi connectivity index (χ1n) is 6.74. The second-order valence-corrected chi connectivity index (χ2v) is 7.18. The van der Waals surface area contributed by atoms with Crippen LogP contribution in [0.1, 0.15) is 18.9 Å². The average Bonchev–Trinajstić information content (AvgIpc) is 2.49. The van der Waals surface area contributed by atoms with Gasteiger partial charge < -0.3 is 10.5 Å². The molecule has 1 aliphatic heterocycles. The number of piperidine rings is 1. The van der Waals surface area contributed by atoms with Crippen molar-refractivity contribution in [2.75, 3.05) is 20.2 Å². The first kappa shape index (κ1) is 18.7. The molecule has 0 radical (unpaired) electrons. The summed E-state index contributed by atoms with van der Waals surface area (Å²) in [6.07, 6.45) is 0.638. The number of methoxy groups -OCH3 is 1. The summed E-state index contributed by atoms with van der Waals surface area (Å²) in [5.74, 6) is 0.300. The fourth-order valence-corrected chi connectivity index (χ4v) is 4.12. The molecule has 0 saturated carbocycles. The Morgan fingerprint density at radius 1 is 1.45 bits per heavy atom. The smallest absolute Gasteiger partial charge is 0.246 e. The lowest BCUT2D eigenvalue weighted by Gasteiger charge is -2.34. The highest BCUT2D eigenvalue weighted by Gasteiger charge is 2.33. The van der Waals surface area contributed by atoms with Crippen LogP contribution in [0.25, 0.3) is 0 Å². The van der Waals surface area contributed by atoms with Gasteiger partial charge in [-0.05, 0) is 30.5 Å². The topological polar surface area (TPSA) is 96.4 Å². The van der Waals surface area contributed by atoms with Crippen molar-refractivity contribution in [3.8, 4) is 11.8 Å². The normalized spacial score (nSPS) is 22.5. The van der Waals surface area contributed by atoms with Gasteiger partial charge in [0.2, 0.25) is 10.0 Å². The van der Waals surface area contributed by atoms with Crippen LogP contribution in [0.4, 0.5) is 0 Å². The molecule has 22 heavy (non-hydrogen) atoms. The lowest BCUT2D eigenvalue weighted by Crippen LogP contribution is -2.48. The van der Waals surface area contributed by atoms with Gasteiger partial charge in [-0.1, -0.05) is 6.92 Å². The Morgan fingerprint density at radius 2 is 2.14 bits per heavy atom. The number of hydrogen-bond donors (Lipinski definition) is 1. The van der Waals surface area contributed by atoms with E-state index in [-0.39, 0.29) is 35.0 Å². The summed E-state index contributed by atoms with van der Waals surface area (Å²) < 4.78 is 32.0. The van der Waals surface area contributed by atoms with Gasteiger partial charge >= 0.3 is 0 Å². The molecule has 8 heteroatoms. The molecule has 2 unspecified atom stereocenters. The van der Waals surface area contributed by atoms with Crippen LogP contribution in [-0.2, 0) is 10.0 Å². The van der Waals surface area contributed by atoms with Gasteiger partial charge in [0.1, 0.15) is 10.6 Å². The van der Waals surface area contributed by atoms with Crippen molar-refractivity contribution >= 4 is 22.4 Å². The highest BCUT2D eigenvalue weighted by atomic mass is 35.5. The fourth-order valence-electron chi connectivity index (χ4n) is 2.43. The van der Waals surface area contributed by atoms with E-state index in [1.807, 2.05) is 13.0 Å². The third-order valence-corrected chi connectivity index (χ3v) is 5.75. The zero-order chi connectivity index (χ0) is 15.6. The predicted octanol–water partition coefficient (Wildman–Crippen LogP) is 1.35. The standard InChI is InChI=1S/C14H19N3O3S.ClH/c1-10-9-17(6-5-12(10)16)21(18,19)14-4-3-11(8-15)7-13(14)20-2;/h3-4,7,10,12H,5-6,9,16H2,1-2H3;1H. The van der Waals surface area contributed by atoms with Gasteiger partial charge in [0.05, 0.1) is 18.7 Å². The van der Waals surface area contributed by atoms with Crippen molar-refractivity contribution in [2.45, 2.75) is 24.3 Å². The molecule has 0 bridgehead atoms. The maximum Gasteiger partial charge on any atom is 0.246 e. The molecular formula is C14H20ClN3O3S. The minimum atomic E-state index is -3.64. The van der Waals surface area contributed by atoms with Gasteiger partial charge in [-0.15, -0.1) is 12.4 Å². The SMILES string of the molecule is COc1cc(C#N)ccc1S(=O)(=O)N1CCC(N)C(C)C1.Cl. The Kier molecular flexibility index (Phi) is 6.20. The third kappa shape index (κ3) is 3.52. The van der Waals surface area contributed by atoms with Gasteiger partial charge in [0.25, 0.3) is 0 Å². The number of nitrogens with two attached hydrogens (primary N) is 1. The number of rotatable bonds is 3. The van der Waals surface area contributed by atoms with E-state index in [9.17, 15) is 8.42 Å². The second-order valence-electron chi connectivity index (χ2n) is 5.27. The number of benzene rings is 1. The zero-order valence-corrected chi connectivity index (χ0v) is 14.2. The number of sulfonamides is 1. The molecule has 6 nitrogen and oxygen atoms in total. The Morgan fingerprint density at radius 3 is 2.68 bits per heavy atom. The number of halogens is 1. The molecule has 1 fully saturated rings. The fraction of sp³-hybridized carbons (Fsp3) is 0.500. The Balaban J connectivity index is 0.00000242. The van der Waals surface area contributed by atoms with E-state index in [0.717, 1.165) is 0 Å². The molecular weight excluding hydrogens is 326 g/mol. The van der Waals surface area contributed by atoms with Crippen LogP contribution in [0.5, 0.6) is 5.75 Å². The zero-order valence-electron chi connectivity index (χ0n) is 12.5. The Hall–Kier alpha value is -1.33. The van der Waals surface area contributed by atoms with Crippen molar-refractivity contribution < 1.29 is 13.2 Å². The van der Waals surface area contributed by atoms with Crippen molar-refractivity contribution in [1.82, 2.24) is 4.31 Å². The Bertz CT molecular complexity index is 672. The molecule has 2 atom stereocenters. The molecule has 0 spiro atoms. The molecule has 1 heterocycles. The van der Waals surface area contributed by atoms with Crippen LogP contribution in [0, 0.1) is 17.2 Å². The highest BCUT2D eigenvalue weighted by molar-refractivity contribution is 7.89. The summed E-state index contributed by atoms with van der Waals surface area (Å²) in [5, 5.41) is 8.88. The van der Waals surface area contributed by atoms with Gasteiger partial charge in [-0.2, -0.15) is 9.57 Å². The first-order chi connectivity index (χ1) is 9.90. The van der Waals surface area contributed by atoms with E-state index in [1.165, 1.54) is 29.6 Å². The summed E-state index contributed by atoms with van der Waals surface area (Å²) in [7, 11) is -2.25. The summed E-state index contributed by atoms with van der Waals surface area (Å²) in [6, 6.07) is 6.33. The number of hydrogen-bond acceptors (Lipinski definition) is 5. The summed E-state index contributed by atoms with van der Waals surface area (Å²) in [4.78, 5) is 0.0895. The van der Waals surface area contributed by atoms with E-state index in [0.29, 0.717) is 25.1 Å². The summed E-state index contributed by atoms with van der Waals surface area (Å²) >= 11 is 0. The average molecular weight is 346 g/mol. The molecule has 0 amide bonds. The van der Waals surface area contributed by atoms with Gasteiger partial charge in [-0.25, -0.2) is 8.42 Å². The van der Waals surface area contributed by atoms with Gasteiger partial charge in [0, 0.05) is 19.1 Å². The van der Waals surface area contributed by atoms with E-state index in [1.54, 1.807) is 0 Å². The predicted molar refractivity (Wildman–Crippen MR) is 85.5 cm³/mol. The van der Waals surface area contributed by atoms with Crippen LogP contribution < -0.4 is 10.5 Å². The maximum absolute atomic E-state index is 12.7. The quantitative estimate of drug-likeness (QED) is 0.891. The molecule has 1 aromatic rings. The number of nitriles is 1. The molecule has 1 saturated heterocycles. The van der Waals surface area contributed by atoms with Crippen LogP contribution in [0.15, 0.2) is 23.1 Å². The molecule has 1 aliphatic rings. The van der Waals surface area contributed by atoms with Crippen LogP contribution in [0.3, 0.4) is 0 Å². The molecule has 2 rings (SSSR count). The molecule has 0 aromatic heterocycles. The molecule has 0 aliphatic carbocycles. The van der Waals surface area contributed by atoms with Crippen molar-refractivity contribution in [1.29, 1.82) is 5.26 Å².